The van der Waals surface area contributed by atoms with Crippen molar-refractivity contribution in [2.45, 2.75) is 0 Å². The van der Waals surface area contributed by atoms with Gasteiger partial charge in [-0.15, -0.1) is 0 Å². The Morgan fingerprint density at radius 1 is 0.885 bits per heavy atom. The Morgan fingerprint density at radius 2 is 1.42 bits per heavy atom. The van der Waals surface area contributed by atoms with Gasteiger partial charge in [0, 0.05) is 18.2 Å². The average molecular weight is 378 g/mol. The topological polar surface area (TPSA) is 129 Å². The SMILES string of the molecule is COc1ccc([N+](=O)[O-])cc1NC(=S)Nc1ccc([N+](=O)[O-])cc1OC. The van der Waals surface area contributed by atoms with Gasteiger partial charge in [0.05, 0.1) is 41.5 Å². The number of ether oxygens (including phenoxy) is 2. The minimum absolute atomic E-state index is 0.0935. The van der Waals surface area contributed by atoms with Crippen LogP contribution in [-0.2, 0) is 0 Å². The minimum Gasteiger partial charge on any atom is -0.495 e. The first-order chi connectivity index (χ1) is 12.3. The number of nitro groups is 2. The van der Waals surface area contributed by atoms with Gasteiger partial charge >= 0.3 is 0 Å². The molecular weight excluding hydrogens is 364 g/mol. The third-order valence-electron chi connectivity index (χ3n) is 3.29. The van der Waals surface area contributed by atoms with E-state index in [2.05, 4.69) is 10.6 Å². The van der Waals surface area contributed by atoms with Crippen LogP contribution in [-0.4, -0.2) is 29.2 Å². The standard InChI is InChI=1S/C15H14N4O6S/c1-24-13-6-4-9(18(20)21)7-12(13)17-15(26)16-11-5-3-10(19(22)23)8-14(11)25-2/h3-8H,1-2H3,(H2,16,17,26). The fourth-order valence-electron chi connectivity index (χ4n) is 2.08. The van der Waals surface area contributed by atoms with Crippen molar-refractivity contribution in [2.75, 3.05) is 24.9 Å². The normalized spacial score (nSPS) is 9.92. The largest absolute Gasteiger partial charge is 0.495 e. The van der Waals surface area contributed by atoms with E-state index >= 15 is 0 Å². The van der Waals surface area contributed by atoms with Crippen LogP contribution >= 0.6 is 12.2 Å². The Hall–Kier alpha value is -3.47. The summed E-state index contributed by atoms with van der Waals surface area (Å²) in [5.41, 5.74) is 0.413. The zero-order chi connectivity index (χ0) is 19.3. The Morgan fingerprint density at radius 3 is 2.00 bits per heavy atom. The molecule has 0 amide bonds. The predicted molar refractivity (Wildman–Crippen MR) is 99.1 cm³/mol. The van der Waals surface area contributed by atoms with Gasteiger partial charge in [0.15, 0.2) is 5.11 Å². The lowest BCUT2D eigenvalue weighted by Crippen LogP contribution is -2.20. The molecule has 0 radical (unpaired) electrons. The monoisotopic (exact) mass is 378 g/mol. The Kier molecular flexibility index (Phi) is 5.86. The molecular formula is C15H14N4O6S. The van der Waals surface area contributed by atoms with Gasteiger partial charge in [-0.05, 0) is 24.4 Å². The van der Waals surface area contributed by atoms with Crippen LogP contribution in [0.25, 0.3) is 0 Å². The number of methoxy groups -OCH3 is 2. The number of non-ortho nitro benzene ring substituents is 2. The molecule has 0 fully saturated rings. The van der Waals surface area contributed by atoms with Gasteiger partial charge in [-0.1, -0.05) is 0 Å². The summed E-state index contributed by atoms with van der Waals surface area (Å²) in [5, 5.41) is 27.5. The number of thiocarbonyl (C=S) groups is 1. The summed E-state index contributed by atoms with van der Waals surface area (Å²) in [4.78, 5) is 20.7. The van der Waals surface area contributed by atoms with Gasteiger partial charge in [-0.25, -0.2) is 0 Å². The van der Waals surface area contributed by atoms with E-state index in [1.807, 2.05) is 0 Å². The maximum absolute atomic E-state index is 10.9. The number of rotatable bonds is 6. The number of nitrogens with one attached hydrogen (secondary N) is 2. The van der Waals surface area contributed by atoms with Gasteiger partial charge in [0.1, 0.15) is 11.5 Å². The van der Waals surface area contributed by atoms with Crippen LogP contribution in [0.2, 0.25) is 0 Å². The number of hydrogen-bond donors (Lipinski definition) is 2. The first kappa shape index (κ1) is 18.9. The molecule has 0 heterocycles. The van der Waals surface area contributed by atoms with Crippen molar-refractivity contribution >= 4 is 40.1 Å². The maximum atomic E-state index is 10.9. The minimum atomic E-state index is -0.545. The fraction of sp³-hybridized carbons (Fsp3) is 0.133. The number of nitro benzene ring substituents is 2. The summed E-state index contributed by atoms with van der Waals surface area (Å²) >= 11 is 5.19. The van der Waals surface area contributed by atoms with Crippen LogP contribution in [0.3, 0.4) is 0 Å². The van der Waals surface area contributed by atoms with Crippen molar-refractivity contribution in [1.82, 2.24) is 0 Å². The molecule has 0 unspecified atom stereocenters. The molecule has 0 aromatic heterocycles. The molecule has 26 heavy (non-hydrogen) atoms. The molecule has 2 aromatic rings. The molecule has 0 saturated carbocycles. The third kappa shape index (κ3) is 4.33. The molecule has 0 aliphatic rings. The molecule has 10 nitrogen and oxygen atoms in total. The number of hydrogen-bond acceptors (Lipinski definition) is 7. The van der Waals surface area contributed by atoms with Crippen LogP contribution in [0, 0.1) is 20.2 Å². The maximum Gasteiger partial charge on any atom is 0.273 e. The van der Waals surface area contributed by atoms with Crippen molar-refractivity contribution in [3.05, 3.63) is 56.6 Å². The lowest BCUT2D eigenvalue weighted by Gasteiger charge is -2.15. The highest BCUT2D eigenvalue weighted by molar-refractivity contribution is 7.80. The van der Waals surface area contributed by atoms with Crippen LogP contribution in [0.5, 0.6) is 11.5 Å². The molecule has 2 rings (SSSR count). The zero-order valence-corrected chi connectivity index (χ0v) is 14.5. The molecule has 0 aliphatic carbocycles. The Balaban J connectivity index is 2.22. The Labute approximate surface area is 153 Å². The van der Waals surface area contributed by atoms with Crippen molar-refractivity contribution in [2.24, 2.45) is 0 Å². The van der Waals surface area contributed by atoms with E-state index in [-0.39, 0.29) is 22.2 Å². The first-order valence-electron chi connectivity index (χ1n) is 7.08. The van der Waals surface area contributed by atoms with Gasteiger partial charge in [-0.3, -0.25) is 20.2 Å². The van der Waals surface area contributed by atoms with Gasteiger partial charge in [-0.2, -0.15) is 0 Å². The van der Waals surface area contributed by atoms with Crippen LogP contribution in [0.1, 0.15) is 0 Å². The summed E-state index contributed by atoms with van der Waals surface area (Å²) < 4.78 is 10.3. The highest BCUT2D eigenvalue weighted by atomic mass is 32.1. The molecule has 2 aromatic carbocycles. The molecule has 0 saturated heterocycles. The summed E-state index contributed by atoms with van der Waals surface area (Å²) in [6.45, 7) is 0. The van der Waals surface area contributed by atoms with E-state index in [9.17, 15) is 20.2 Å². The second kappa shape index (κ2) is 8.07. The lowest BCUT2D eigenvalue weighted by atomic mass is 10.2. The van der Waals surface area contributed by atoms with E-state index in [0.717, 1.165) is 0 Å². The number of anilines is 2. The summed E-state index contributed by atoms with van der Waals surface area (Å²) in [6.07, 6.45) is 0. The summed E-state index contributed by atoms with van der Waals surface area (Å²) in [5.74, 6) is 0.574. The van der Waals surface area contributed by atoms with E-state index in [1.165, 1.54) is 50.6 Å². The second-order valence-corrected chi connectivity index (χ2v) is 5.27. The number of nitrogens with zero attached hydrogens (tertiary/aromatic N) is 2. The molecule has 0 spiro atoms. The zero-order valence-electron chi connectivity index (χ0n) is 13.7. The molecule has 0 aliphatic heterocycles. The predicted octanol–water partition coefficient (Wildman–Crippen LogP) is 3.33. The Bertz CT molecular complexity index is 873. The van der Waals surface area contributed by atoms with Crippen LogP contribution < -0.4 is 20.1 Å². The van der Waals surface area contributed by atoms with Crippen LogP contribution in [0.4, 0.5) is 22.7 Å². The molecule has 136 valence electrons. The fourth-order valence-corrected chi connectivity index (χ4v) is 2.30. The third-order valence-corrected chi connectivity index (χ3v) is 3.49. The van der Waals surface area contributed by atoms with Crippen molar-refractivity contribution in [3.63, 3.8) is 0 Å². The summed E-state index contributed by atoms with van der Waals surface area (Å²) in [7, 11) is 2.78. The van der Waals surface area contributed by atoms with E-state index in [4.69, 9.17) is 21.7 Å². The van der Waals surface area contributed by atoms with Gasteiger partial charge in [0.25, 0.3) is 11.4 Å². The van der Waals surface area contributed by atoms with Crippen molar-refractivity contribution in [1.29, 1.82) is 0 Å². The van der Waals surface area contributed by atoms with Gasteiger partial charge < -0.3 is 20.1 Å². The molecule has 11 heteroatoms. The summed E-state index contributed by atoms with van der Waals surface area (Å²) in [6, 6.07) is 8.01. The van der Waals surface area contributed by atoms with Gasteiger partial charge in [0.2, 0.25) is 0 Å². The highest BCUT2D eigenvalue weighted by Crippen LogP contribution is 2.31. The van der Waals surface area contributed by atoms with E-state index in [0.29, 0.717) is 17.1 Å². The first-order valence-corrected chi connectivity index (χ1v) is 7.49. The molecule has 0 bridgehead atoms. The highest BCUT2D eigenvalue weighted by Gasteiger charge is 2.15. The van der Waals surface area contributed by atoms with Crippen LogP contribution in [0.15, 0.2) is 36.4 Å². The van der Waals surface area contributed by atoms with Crippen molar-refractivity contribution < 1.29 is 19.3 Å². The molecule has 2 N–H and O–H groups in total. The number of benzene rings is 2. The smallest absolute Gasteiger partial charge is 0.273 e. The lowest BCUT2D eigenvalue weighted by molar-refractivity contribution is -0.385. The quantitative estimate of drug-likeness (QED) is 0.441. The average Bonchev–Trinajstić information content (AvgIpc) is 2.61. The van der Waals surface area contributed by atoms with Crippen molar-refractivity contribution in [3.8, 4) is 11.5 Å². The van der Waals surface area contributed by atoms with E-state index < -0.39 is 9.85 Å². The van der Waals surface area contributed by atoms with E-state index in [1.54, 1.807) is 0 Å². The second-order valence-electron chi connectivity index (χ2n) is 4.86. The molecule has 0 atom stereocenters.